The van der Waals surface area contributed by atoms with Crippen molar-refractivity contribution in [3.63, 3.8) is 0 Å². The van der Waals surface area contributed by atoms with Crippen LogP contribution in [-0.2, 0) is 16.4 Å². The van der Waals surface area contributed by atoms with E-state index in [1.54, 1.807) is 34.9 Å². The molecule has 0 spiro atoms. The summed E-state index contributed by atoms with van der Waals surface area (Å²) < 4.78 is 28.1. The SMILES string of the molecule is CCc1ccc(-n2c(SCCN3C(=O)c4ccccc4S3(=O)=O)nc3ccccc3c2=O)cc1. The number of fused-ring (bicyclic) bond motifs is 2. The number of carbonyl (C=O) groups excluding carboxylic acids is 1. The third-order valence-corrected chi connectivity index (χ3v) is 8.54. The number of thioether (sulfide) groups is 1. The van der Waals surface area contributed by atoms with Gasteiger partial charge in [-0.15, -0.1) is 0 Å². The molecule has 0 N–H and O–H groups in total. The van der Waals surface area contributed by atoms with E-state index in [0.717, 1.165) is 16.3 Å². The minimum Gasteiger partial charge on any atom is -0.268 e. The highest BCUT2D eigenvalue weighted by Gasteiger charge is 2.40. The normalized spacial score (nSPS) is 14.5. The van der Waals surface area contributed by atoms with Gasteiger partial charge in [0.15, 0.2) is 5.16 Å². The second-order valence-electron chi connectivity index (χ2n) is 7.80. The number of benzene rings is 3. The third kappa shape index (κ3) is 3.70. The van der Waals surface area contributed by atoms with Gasteiger partial charge in [0.1, 0.15) is 4.90 Å². The van der Waals surface area contributed by atoms with E-state index in [1.165, 1.54) is 23.9 Å². The van der Waals surface area contributed by atoms with Gasteiger partial charge in [0, 0.05) is 12.3 Å². The lowest BCUT2D eigenvalue weighted by Crippen LogP contribution is -2.32. The van der Waals surface area contributed by atoms with Crippen LogP contribution in [0.3, 0.4) is 0 Å². The topological polar surface area (TPSA) is 89.3 Å². The smallest absolute Gasteiger partial charge is 0.268 e. The molecule has 0 fully saturated rings. The zero-order valence-electron chi connectivity index (χ0n) is 18.3. The monoisotopic (exact) mass is 491 g/mol. The highest BCUT2D eigenvalue weighted by molar-refractivity contribution is 7.99. The predicted molar refractivity (Wildman–Crippen MR) is 132 cm³/mol. The largest absolute Gasteiger partial charge is 0.269 e. The molecule has 3 aromatic carbocycles. The van der Waals surface area contributed by atoms with E-state index in [4.69, 9.17) is 0 Å². The summed E-state index contributed by atoms with van der Waals surface area (Å²) in [5.41, 5.74) is 2.38. The van der Waals surface area contributed by atoms with Gasteiger partial charge in [-0.1, -0.05) is 55.1 Å². The Morgan fingerprint density at radius 3 is 2.35 bits per heavy atom. The summed E-state index contributed by atoms with van der Waals surface area (Å²) in [6.07, 6.45) is 0.882. The number of para-hydroxylation sites is 1. The second kappa shape index (κ2) is 8.73. The number of rotatable bonds is 6. The Bertz CT molecular complexity index is 1580. The van der Waals surface area contributed by atoms with Crippen LogP contribution < -0.4 is 5.56 Å². The molecule has 1 amide bonds. The molecule has 1 aliphatic heterocycles. The summed E-state index contributed by atoms with van der Waals surface area (Å²) in [6, 6.07) is 21.0. The van der Waals surface area contributed by atoms with Crippen molar-refractivity contribution < 1.29 is 13.2 Å². The van der Waals surface area contributed by atoms with Gasteiger partial charge in [0.2, 0.25) is 0 Å². The van der Waals surface area contributed by atoms with E-state index in [1.807, 2.05) is 30.3 Å². The summed E-state index contributed by atoms with van der Waals surface area (Å²) in [4.78, 5) is 30.8. The molecule has 172 valence electrons. The number of hydrogen-bond donors (Lipinski definition) is 0. The molecule has 0 aliphatic carbocycles. The molecule has 0 unspecified atom stereocenters. The molecule has 0 saturated heterocycles. The molecule has 0 saturated carbocycles. The first-order chi connectivity index (χ1) is 16.4. The maximum atomic E-state index is 13.4. The Morgan fingerprint density at radius 2 is 1.62 bits per heavy atom. The van der Waals surface area contributed by atoms with Gasteiger partial charge in [-0.2, -0.15) is 0 Å². The minimum absolute atomic E-state index is 0.0294. The van der Waals surface area contributed by atoms with Crippen LogP contribution in [0.2, 0.25) is 0 Å². The highest BCUT2D eigenvalue weighted by atomic mass is 32.2. The number of sulfonamides is 1. The van der Waals surface area contributed by atoms with Crippen molar-refractivity contribution in [3.05, 3.63) is 94.3 Å². The first-order valence-electron chi connectivity index (χ1n) is 10.8. The first-order valence-corrected chi connectivity index (χ1v) is 13.2. The number of nitrogens with zero attached hydrogens (tertiary/aromatic N) is 3. The van der Waals surface area contributed by atoms with E-state index >= 15 is 0 Å². The molecule has 0 atom stereocenters. The average Bonchev–Trinajstić information content (AvgIpc) is 3.05. The van der Waals surface area contributed by atoms with Crippen molar-refractivity contribution in [2.45, 2.75) is 23.4 Å². The van der Waals surface area contributed by atoms with Crippen molar-refractivity contribution >= 4 is 38.6 Å². The van der Waals surface area contributed by atoms with Gasteiger partial charge in [-0.05, 0) is 48.4 Å². The molecule has 2 heterocycles. The number of carbonyl (C=O) groups is 1. The summed E-state index contributed by atoms with van der Waals surface area (Å²) in [6.45, 7) is 2.03. The fraction of sp³-hybridized carbons (Fsp3) is 0.160. The number of amides is 1. The standard InChI is InChI=1S/C25H21N3O4S2/c1-2-17-11-13-18(14-12-17)28-24(30)19-7-3-5-9-21(19)26-25(28)33-16-15-27-23(29)20-8-4-6-10-22(20)34(27,31)32/h3-14H,2,15-16H2,1H3. The fourth-order valence-corrected chi connectivity index (χ4v) is 6.61. The van der Waals surface area contributed by atoms with E-state index in [2.05, 4.69) is 11.9 Å². The van der Waals surface area contributed by atoms with Crippen LogP contribution in [0.5, 0.6) is 0 Å². The van der Waals surface area contributed by atoms with Gasteiger partial charge in [-0.3, -0.25) is 14.2 Å². The highest BCUT2D eigenvalue weighted by Crippen LogP contribution is 2.30. The van der Waals surface area contributed by atoms with Crippen molar-refractivity contribution in [1.29, 1.82) is 0 Å². The Hall–Kier alpha value is -3.43. The molecule has 1 aliphatic rings. The average molecular weight is 492 g/mol. The van der Waals surface area contributed by atoms with Crippen molar-refractivity contribution in [2.75, 3.05) is 12.3 Å². The van der Waals surface area contributed by atoms with Gasteiger partial charge in [-0.25, -0.2) is 17.7 Å². The molecular weight excluding hydrogens is 470 g/mol. The molecule has 34 heavy (non-hydrogen) atoms. The maximum Gasteiger partial charge on any atom is 0.269 e. The van der Waals surface area contributed by atoms with E-state index in [9.17, 15) is 18.0 Å². The van der Waals surface area contributed by atoms with Crippen molar-refractivity contribution in [3.8, 4) is 5.69 Å². The summed E-state index contributed by atoms with van der Waals surface area (Å²) in [5.74, 6) is -0.285. The van der Waals surface area contributed by atoms with E-state index < -0.39 is 15.9 Å². The van der Waals surface area contributed by atoms with E-state index in [0.29, 0.717) is 21.7 Å². The summed E-state index contributed by atoms with van der Waals surface area (Å²) in [7, 11) is -3.88. The van der Waals surface area contributed by atoms with Gasteiger partial charge >= 0.3 is 0 Å². The van der Waals surface area contributed by atoms with Crippen LogP contribution >= 0.6 is 11.8 Å². The lowest BCUT2D eigenvalue weighted by molar-refractivity contribution is 0.0876. The molecular formula is C25H21N3O4S2. The van der Waals surface area contributed by atoms with Crippen LogP contribution in [0.4, 0.5) is 0 Å². The summed E-state index contributed by atoms with van der Waals surface area (Å²) >= 11 is 1.24. The lowest BCUT2D eigenvalue weighted by atomic mass is 10.1. The molecule has 0 bridgehead atoms. The van der Waals surface area contributed by atoms with Gasteiger partial charge in [0.05, 0.1) is 22.2 Å². The second-order valence-corrected chi connectivity index (χ2v) is 10.7. The van der Waals surface area contributed by atoms with Crippen LogP contribution in [0, 0.1) is 0 Å². The predicted octanol–water partition coefficient (Wildman–Crippen LogP) is 3.88. The third-order valence-electron chi connectivity index (χ3n) is 5.79. The number of aromatic nitrogens is 2. The summed E-state index contributed by atoms with van der Waals surface area (Å²) in [5, 5.41) is 0.939. The molecule has 5 rings (SSSR count). The van der Waals surface area contributed by atoms with Crippen LogP contribution in [-0.4, -0.2) is 40.5 Å². The van der Waals surface area contributed by atoms with Crippen molar-refractivity contribution in [2.24, 2.45) is 0 Å². The first kappa shape index (κ1) is 22.4. The molecule has 7 nitrogen and oxygen atoms in total. The minimum atomic E-state index is -3.88. The van der Waals surface area contributed by atoms with E-state index in [-0.39, 0.29) is 28.3 Å². The maximum absolute atomic E-state index is 13.4. The Balaban J connectivity index is 1.48. The lowest BCUT2D eigenvalue weighted by Gasteiger charge is -2.16. The zero-order valence-corrected chi connectivity index (χ0v) is 20.0. The zero-order chi connectivity index (χ0) is 23.9. The molecule has 4 aromatic rings. The van der Waals surface area contributed by atoms with Gasteiger partial charge < -0.3 is 0 Å². The Kier molecular flexibility index (Phi) is 5.75. The van der Waals surface area contributed by atoms with Crippen LogP contribution in [0.1, 0.15) is 22.8 Å². The number of aryl methyl sites for hydroxylation is 1. The van der Waals surface area contributed by atoms with Crippen LogP contribution in [0.15, 0.2) is 87.6 Å². The van der Waals surface area contributed by atoms with Crippen LogP contribution in [0.25, 0.3) is 16.6 Å². The van der Waals surface area contributed by atoms with Gasteiger partial charge in [0.25, 0.3) is 21.5 Å². The molecule has 9 heteroatoms. The Morgan fingerprint density at radius 1 is 0.912 bits per heavy atom. The fourth-order valence-electron chi connectivity index (χ4n) is 3.99. The molecule has 1 aromatic heterocycles. The molecule has 0 radical (unpaired) electrons. The Labute approximate surface area is 201 Å². The quantitative estimate of drug-likeness (QED) is 0.300. The number of hydrogen-bond acceptors (Lipinski definition) is 6. The van der Waals surface area contributed by atoms with Crippen molar-refractivity contribution in [1.82, 2.24) is 13.9 Å².